The molecule has 0 radical (unpaired) electrons. The number of nitrogens with zero attached hydrogens (tertiary/aromatic N) is 3. The van der Waals surface area contributed by atoms with Crippen molar-refractivity contribution >= 4 is 40.4 Å². The molecule has 3 rings (SSSR count). The average molecular weight is 493 g/mol. The van der Waals surface area contributed by atoms with Crippen LogP contribution < -0.4 is 21.5 Å². The van der Waals surface area contributed by atoms with Gasteiger partial charge in [0.2, 0.25) is 11.7 Å². The normalized spacial score (nSPS) is 11.9. The first-order chi connectivity index (χ1) is 17.4. The lowest BCUT2D eigenvalue weighted by atomic mass is 10.0. The number of carbonyl (C=O) groups is 2. The van der Waals surface area contributed by atoms with Crippen molar-refractivity contribution in [2.24, 2.45) is 0 Å². The van der Waals surface area contributed by atoms with Crippen molar-refractivity contribution in [3.63, 3.8) is 0 Å². The molecule has 10 heteroatoms. The topological polar surface area (TPSA) is 145 Å². The molecular weight excluding hydrogens is 456 g/mol. The van der Waals surface area contributed by atoms with Crippen LogP contribution in [0.5, 0.6) is 0 Å². The summed E-state index contributed by atoms with van der Waals surface area (Å²) < 4.78 is 0. The molecule has 0 fully saturated rings. The van der Waals surface area contributed by atoms with Crippen LogP contribution in [0.1, 0.15) is 82.3 Å². The molecule has 0 aliphatic rings. The van der Waals surface area contributed by atoms with Crippen molar-refractivity contribution < 1.29 is 9.59 Å². The largest absolute Gasteiger partial charge is 0.378 e. The van der Waals surface area contributed by atoms with Crippen LogP contribution in [-0.2, 0) is 4.79 Å². The van der Waals surface area contributed by atoms with Crippen molar-refractivity contribution in [3.05, 3.63) is 53.6 Å². The van der Waals surface area contributed by atoms with Crippen LogP contribution in [0.15, 0.2) is 36.5 Å². The number of fused-ring (bicyclic) bond motifs is 1. The molecule has 0 saturated heterocycles. The second kappa shape index (κ2) is 13.7. The van der Waals surface area contributed by atoms with Gasteiger partial charge in [-0.15, -0.1) is 0 Å². The Morgan fingerprint density at radius 2 is 1.78 bits per heavy atom. The maximum atomic E-state index is 12.5. The summed E-state index contributed by atoms with van der Waals surface area (Å²) in [4.78, 5) is 37.0. The van der Waals surface area contributed by atoms with Gasteiger partial charge in [0.15, 0.2) is 5.82 Å². The van der Waals surface area contributed by atoms with Gasteiger partial charge in [-0.1, -0.05) is 45.9 Å². The summed E-state index contributed by atoms with van der Waals surface area (Å²) in [6.45, 7) is 11.4. The van der Waals surface area contributed by atoms with E-state index in [1.807, 2.05) is 65.1 Å². The molecule has 10 nitrogen and oxygen atoms in total. The zero-order chi connectivity index (χ0) is 26.7. The maximum absolute atomic E-state index is 12.5. The van der Waals surface area contributed by atoms with Crippen molar-refractivity contribution in [2.45, 2.75) is 66.5 Å². The highest BCUT2D eigenvalue weighted by Crippen LogP contribution is 2.30. The lowest BCUT2D eigenvalue weighted by Crippen LogP contribution is -2.41. The SMILES string of the molecule is CC.CCC(C)Nc1c(C=N)nc(C(=O)NNC(C)=O)nc1N[C@H](CC)c1cnc2ccccc2c1. The molecule has 2 aromatic heterocycles. The highest BCUT2D eigenvalue weighted by atomic mass is 16.2. The van der Waals surface area contributed by atoms with Crippen LogP contribution in [0.4, 0.5) is 11.5 Å². The molecule has 1 aromatic carbocycles. The van der Waals surface area contributed by atoms with E-state index in [1.54, 1.807) is 0 Å². The monoisotopic (exact) mass is 492 g/mol. The van der Waals surface area contributed by atoms with Gasteiger partial charge >= 0.3 is 5.91 Å². The number of aromatic nitrogens is 3. The van der Waals surface area contributed by atoms with E-state index >= 15 is 0 Å². The summed E-state index contributed by atoms with van der Waals surface area (Å²) in [5.41, 5.74) is 7.17. The lowest BCUT2D eigenvalue weighted by Gasteiger charge is -2.23. The first kappa shape index (κ1) is 28.2. The molecule has 3 aromatic rings. The molecule has 0 aliphatic carbocycles. The van der Waals surface area contributed by atoms with E-state index in [0.717, 1.165) is 35.5 Å². The second-order valence-corrected chi connectivity index (χ2v) is 7.96. The van der Waals surface area contributed by atoms with Gasteiger partial charge in [0.1, 0.15) is 11.4 Å². The molecule has 1 unspecified atom stereocenters. The first-order valence-electron chi connectivity index (χ1n) is 12.2. The number of pyridine rings is 1. The summed E-state index contributed by atoms with van der Waals surface area (Å²) in [7, 11) is 0. The number of benzene rings is 1. The third-order valence-electron chi connectivity index (χ3n) is 5.37. The van der Waals surface area contributed by atoms with E-state index in [-0.39, 0.29) is 23.6 Å². The molecule has 2 heterocycles. The molecule has 36 heavy (non-hydrogen) atoms. The van der Waals surface area contributed by atoms with Gasteiger partial charge in [0.25, 0.3) is 0 Å². The Hall–Kier alpha value is -4.08. The summed E-state index contributed by atoms with van der Waals surface area (Å²) >= 11 is 0. The van der Waals surface area contributed by atoms with Crippen LogP contribution in [0, 0.1) is 5.41 Å². The summed E-state index contributed by atoms with van der Waals surface area (Å²) in [5, 5.41) is 15.7. The third-order valence-corrected chi connectivity index (χ3v) is 5.37. The Morgan fingerprint density at radius 1 is 1.06 bits per heavy atom. The predicted molar refractivity (Wildman–Crippen MR) is 144 cm³/mol. The predicted octanol–water partition coefficient (Wildman–Crippen LogP) is 4.60. The number of anilines is 2. The van der Waals surface area contributed by atoms with Gasteiger partial charge in [-0.25, -0.2) is 9.97 Å². The Labute approximate surface area is 212 Å². The number of nitrogens with one attached hydrogen (secondary N) is 5. The van der Waals surface area contributed by atoms with Crippen molar-refractivity contribution in [1.82, 2.24) is 25.8 Å². The molecule has 0 spiro atoms. The minimum atomic E-state index is -0.683. The molecule has 0 aliphatic heterocycles. The first-order valence-corrected chi connectivity index (χ1v) is 12.2. The highest BCUT2D eigenvalue weighted by Gasteiger charge is 2.21. The van der Waals surface area contributed by atoms with Gasteiger partial charge in [0, 0.05) is 30.8 Å². The second-order valence-electron chi connectivity index (χ2n) is 7.96. The van der Waals surface area contributed by atoms with Crippen molar-refractivity contribution in [2.75, 3.05) is 10.6 Å². The Balaban J connectivity index is 0.00000222. The summed E-state index contributed by atoms with van der Waals surface area (Å²) in [6.07, 6.45) is 4.47. The number of hydrogen-bond donors (Lipinski definition) is 5. The smallest absolute Gasteiger partial charge is 0.307 e. The van der Waals surface area contributed by atoms with E-state index in [9.17, 15) is 9.59 Å². The van der Waals surface area contributed by atoms with Crippen LogP contribution in [-0.4, -0.2) is 39.0 Å². The number of amides is 2. The fourth-order valence-electron chi connectivity index (χ4n) is 3.34. The fraction of sp³-hybridized carbons (Fsp3) is 0.385. The van der Waals surface area contributed by atoms with Crippen LogP contribution >= 0.6 is 0 Å². The zero-order valence-corrected chi connectivity index (χ0v) is 21.8. The number of para-hydroxylation sites is 1. The Kier molecular flexibility index (Phi) is 10.7. The van der Waals surface area contributed by atoms with Gasteiger partial charge in [0.05, 0.1) is 11.6 Å². The molecule has 5 N–H and O–H groups in total. The Morgan fingerprint density at radius 3 is 2.42 bits per heavy atom. The standard InChI is InChI=1S/C24H30N8O2.C2H6/c1-5-14(3)27-21-20(12-25)29-23(24(34)32-31-15(4)33)30-22(21)28-18(6-2)17-11-16-9-7-8-10-19(16)26-13-17;1-2/h7-14,18,25,27H,5-6H2,1-4H3,(H,31,33)(H,32,34)(H,28,29,30);1-2H3/t14?,18-;/m1./s1. The van der Waals surface area contributed by atoms with Crippen molar-refractivity contribution in [1.29, 1.82) is 5.41 Å². The average Bonchev–Trinajstić information content (AvgIpc) is 2.91. The molecule has 2 atom stereocenters. The minimum Gasteiger partial charge on any atom is -0.378 e. The van der Waals surface area contributed by atoms with E-state index in [4.69, 9.17) is 5.41 Å². The van der Waals surface area contributed by atoms with E-state index in [1.165, 1.54) is 6.92 Å². The molecule has 192 valence electrons. The van der Waals surface area contributed by atoms with Crippen molar-refractivity contribution in [3.8, 4) is 0 Å². The number of rotatable bonds is 9. The number of hydrazine groups is 1. The highest BCUT2D eigenvalue weighted by molar-refractivity contribution is 5.95. The van der Waals surface area contributed by atoms with Gasteiger partial charge in [-0.3, -0.25) is 25.4 Å². The lowest BCUT2D eigenvalue weighted by molar-refractivity contribution is -0.119. The quantitative estimate of drug-likeness (QED) is 0.217. The summed E-state index contributed by atoms with van der Waals surface area (Å²) in [6, 6.07) is 9.90. The Bertz CT molecular complexity index is 1200. The van der Waals surface area contributed by atoms with Gasteiger partial charge < -0.3 is 16.0 Å². The summed E-state index contributed by atoms with van der Waals surface area (Å²) in [5.74, 6) is -0.890. The molecule has 2 amide bonds. The third kappa shape index (κ3) is 7.21. The fourth-order valence-corrected chi connectivity index (χ4v) is 3.34. The molecular formula is C26H36N8O2. The minimum absolute atomic E-state index is 0.0873. The number of carbonyl (C=O) groups excluding carboxylic acids is 2. The van der Waals surface area contributed by atoms with Gasteiger partial charge in [-0.05, 0) is 37.5 Å². The van der Waals surface area contributed by atoms with Gasteiger partial charge in [-0.2, -0.15) is 0 Å². The van der Waals surface area contributed by atoms with E-state index < -0.39 is 11.8 Å². The molecule has 0 saturated carbocycles. The zero-order valence-electron chi connectivity index (χ0n) is 21.8. The maximum Gasteiger partial charge on any atom is 0.307 e. The van der Waals surface area contributed by atoms with E-state index in [0.29, 0.717) is 11.5 Å². The number of hydrogen-bond acceptors (Lipinski definition) is 8. The van der Waals surface area contributed by atoms with Crippen LogP contribution in [0.3, 0.4) is 0 Å². The van der Waals surface area contributed by atoms with E-state index in [2.05, 4.69) is 42.5 Å². The van der Waals surface area contributed by atoms with Crippen LogP contribution in [0.2, 0.25) is 0 Å². The molecule has 0 bridgehead atoms. The van der Waals surface area contributed by atoms with Crippen LogP contribution in [0.25, 0.3) is 10.9 Å².